The molecule has 3 atom stereocenters. The number of unbranched alkanes of at least 4 members (excludes halogenated alkanes) is 2. The molecule has 0 fully saturated rings. The van der Waals surface area contributed by atoms with Crippen molar-refractivity contribution in [2.24, 2.45) is 0 Å². The Kier molecular flexibility index (Phi) is 12.6. The van der Waals surface area contributed by atoms with Crippen LogP contribution in [0.3, 0.4) is 0 Å². The number of aromatic amines is 1. The van der Waals surface area contributed by atoms with Crippen molar-refractivity contribution in [2.45, 2.75) is 71.9 Å². The molecular weight excluding hydrogens is 495 g/mol. The van der Waals surface area contributed by atoms with Crippen LogP contribution in [0.1, 0.15) is 58.9 Å². The SMILES string of the molecule is CCCCOC(=O)C(C)NP(=O)(N[C@H](C)C(=O)OCCCC)Oc1cccc2[nH]cc(CCN(C)C)c12. The van der Waals surface area contributed by atoms with E-state index in [1.54, 1.807) is 26.0 Å². The van der Waals surface area contributed by atoms with Gasteiger partial charge >= 0.3 is 19.6 Å². The van der Waals surface area contributed by atoms with Gasteiger partial charge < -0.3 is 23.9 Å². The van der Waals surface area contributed by atoms with Gasteiger partial charge in [0.15, 0.2) is 0 Å². The molecule has 0 amide bonds. The molecule has 0 saturated heterocycles. The molecule has 1 aromatic heterocycles. The Hall–Kier alpha value is -2.39. The van der Waals surface area contributed by atoms with Gasteiger partial charge in [-0.1, -0.05) is 32.8 Å². The first-order valence-corrected chi connectivity index (χ1v) is 14.6. The van der Waals surface area contributed by atoms with Crippen LogP contribution in [0.5, 0.6) is 5.75 Å². The van der Waals surface area contributed by atoms with Crippen molar-refractivity contribution in [3.05, 3.63) is 30.0 Å². The summed E-state index contributed by atoms with van der Waals surface area (Å²) in [5, 5.41) is 6.34. The molecular formula is C26H43N4O6P. The minimum Gasteiger partial charge on any atom is -0.465 e. The molecule has 0 aliphatic heterocycles. The standard InChI is InChI=1S/C26H43N4O6P/c1-7-9-16-34-25(31)19(3)28-37(33,29-20(4)26(32)35-17-10-8-2)36-23-13-11-12-22-24(23)21(18-27-22)14-15-30(5)6/h11-13,18-20,27H,7-10,14-17H2,1-6H3,(H2,28,29,33)/t19-,20?,37?/m1/s1. The third kappa shape index (κ3) is 9.78. The number of nitrogens with one attached hydrogen (secondary N) is 3. The van der Waals surface area contributed by atoms with Crippen LogP contribution in [0, 0.1) is 0 Å². The monoisotopic (exact) mass is 538 g/mol. The van der Waals surface area contributed by atoms with E-state index in [-0.39, 0.29) is 13.2 Å². The van der Waals surface area contributed by atoms with Crippen molar-refractivity contribution in [3.8, 4) is 5.75 Å². The smallest absolute Gasteiger partial charge is 0.391 e. The quantitative estimate of drug-likeness (QED) is 0.153. The summed E-state index contributed by atoms with van der Waals surface area (Å²) in [4.78, 5) is 30.4. The molecule has 2 aromatic rings. The highest BCUT2D eigenvalue weighted by Crippen LogP contribution is 2.43. The van der Waals surface area contributed by atoms with E-state index >= 15 is 0 Å². The fourth-order valence-electron chi connectivity index (χ4n) is 3.56. The van der Waals surface area contributed by atoms with Crippen molar-refractivity contribution in [1.29, 1.82) is 0 Å². The molecule has 3 N–H and O–H groups in total. The Labute approximate surface area is 220 Å². The third-order valence-electron chi connectivity index (χ3n) is 5.72. The van der Waals surface area contributed by atoms with Crippen LogP contribution >= 0.6 is 7.67 Å². The van der Waals surface area contributed by atoms with Crippen LogP contribution in [-0.4, -0.2) is 67.8 Å². The topological polar surface area (TPSA) is 122 Å². The zero-order valence-electron chi connectivity index (χ0n) is 23.0. The lowest BCUT2D eigenvalue weighted by Gasteiger charge is -2.26. The zero-order chi connectivity index (χ0) is 27.4. The lowest BCUT2D eigenvalue weighted by Crippen LogP contribution is -2.43. The van der Waals surface area contributed by atoms with Gasteiger partial charge in [-0.2, -0.15) is 0 Å². The van der Waals surface area contributed by atoms with Gasteiger partial charge in [0.1, 0.15) is 17.8 Å². The van der Waals surface area contributed by atoms with Crippen molar-refractivity contribution in [3.63, 3.8) is 0 Å². The molecule has 11 heteroatoms. The van der Waals surface area contributed by atoms with Gasteiger partial charge in [-0.15, -0.1) is 0 Å². The number of nitrogens with zero attached hydrogens (tertiary/aromatic N) is 1. The molecule has 37 heavy (non-hydrogen) atoms. The lowest BCUT2D eigenvalue weighted by molar-refractivity contribution is -0.145. The molecule has 0 aliphatic carbocycles. The maximum atomic E-state index is 14.1. The molecule has 208 valence electrons. The van der Waals surface area contributed by atoms with Crippen molar-refractivity contribution in [1.82, 2.24) is 20.1 Å². The number of hydrogen-bond donors (Lipinski definition) is 3. The van der Waals surface area contributed by atoms with Gasteiger partial charge in [0, 0.05) is 23.6 Å². The van der Waals surface area contributed by atoms with Crippen LogP contribution in [0.25, 0.3) is 10.9 Å². The number of carbonyl (C=O) groups is 2. The first-order valence-electron chi connectivity index (χ1n) is 13.0. The number of hydrogen-bond acceptors (Lipinski definition) is 7. The average Bonchev–Trinajstić information content (AvgIpc) is 3.26. The Morgan fingerprint density at radius 2 is 1.57 bits per heavy atom. The zero-order valence-corrected chi connectivity index (χ0v) is 23.9. The fourth-order valence-corrected chi connectivity index (χ4v) is 5.40. The second-order valence-electron chi connectivity index (χ2n) is 9.43. The molecule has 0 bridgehead atoms. The fraction of sp³-hybridized carbons (Fsp3) is 0.615. The molecule has 2 rings (SSSR count). The van der Waals surface area contributed by atoms with E-state index in [2.05, 4.69) is 20.1 Å². The van der Waals surface area contributed by atoms with E-state index in [0.29, 0.717) is 5.75 Å². The van der Waals surface area contributed by atoms with Crippen molar-refractivity contribution in [2.75, 3.05) is 33.9 Å². The lowest BCUT2D eigenvalue weighted by atomic mass is 10.1. The number of aromatic nitrogens is 1. The number of benzene rings is 1. The van der Waals surface area contributed by atoms with E-state index in [4.69, 9.17) is 14.0 Å². The molecule has 2 unspecified atom stereocenters. The van der Waals surface area contributed by atoms with Gasteiger partial charge in [-0.3, -0.25) is 9.59 Å². The summed E-state index contributed by atoms with van der Waals surface area (Å²) in [5.74, 6) is -0.735. The highest BCUT2D eigenvalue weighted by Gasteiger charge is 2.35. The first kappa shape index (κ1) is 30.8. The largest absolute Gasteiger partial charge is 0.465 e. The van der Waals surface area contributed by atoms with Crippen molar-refractivity contribution >= 4 is 30.5 Å². The van der Waals surface area contributed by atoms with E-state index in [1.165, 1.54) is 0 Å². The Morgan fingerprint density at radius 3 is 2.08 bits per heavy atom. The van der Waals surface area contributed by atoms with Crippen LogP contribution in [0.2, 0.25) is 0 Å². The predicted octanol–water partition coefficient (Wildman–Crippen LogP) is 4.40. The van der Waals surface area contributed by atoms with E-state index in [1.807, 2.05) is 40.2 Å². The highest BCUT2D eigenvalue weighted by molar-refractivity contribution is 7.55. The number of likely N-dealkylation sites (N-methyl/N-ethyl adjacent to an activating group) is 1. The number of fused-ring (bicyclic) bond motifs is 1. The second-order valence-corrected chi connectivity index (χ2v) is 11.2. The van der Waals surface area contributed by atoms with Crippen LogP contribution in [0.4, 0.5) is 0 Å². The molecule has 1 heterocycles. The Morgan fingerprint density at radius 1 is 1.00 bits per heavy atom. The summed E-state index contributed by atoms with van der Waals surface area (Å²) >= 11 is 0. The normalized spacial score (nSPS) is 14.8. The van der Waals surface area contributed by atoms with Crippen LogP contribution in [-0.2, 0) is 30.0 Å². The van der Waals surface area contributed by atoms with E-state index in [9.17, 15) is 14.2 Å². The molecule has 0 spiro atoms. The van der Waals surface area contributed by atoms with Gasteiger partial charge in [0.2, 0.25) is 0 Å². The summed E-state index contributed by atoms with van der Waals surface area (Å²) in [6.45, 7) is 8.46. The average molecular weight is 539 g/mol. The molecule has 0 aliphatic rings. The van der Waals surface area contributed by atoms with Crippen LogP contribution in [0.15, 0.2) is 24.4 Å². The van der Waals surface area contributed by atoms with Crippen molar-refractivity contribution < 1.29 is 28.2 Å². The molecule has 0 radical (unpaired) electrons. The number of H-pyrrole nitrogens is 1. The minimum absolute atomic E-state index is 0.276. The molecule has 1 aromatic carbocycles. The van der Waals surface area contributed by atoms with E-state index < -0.39 is 31.7 Å². The summed E-state index contributed by atoms with van der Waals surface area (Å²) in [6, 6.07) is 3.53. The number of carbonyl (C=O) groups excluding carboxylic acids is 2. The number of rotatable bonds is 17. The predicted molar refractivity (Wildman–Crippen MR) is 146 cm³/mol. The maximum Gasteiger partial charge on any atom is 0.391 e. The molecule has 0 saturated carbocycles. The summed E-state index contributed by atoms with van der Waals surface area (Å²) in [7, 11) is -0.0106. The Bertz CT molecular complexity index is 1020. The van der Waals surface area contributed by atoms with Gasteiger partial charge in [0.05, 0.1) is 13.2 Å². The highest BCUT2D eigenvalue weighted by atomic mass is 31.2. The minimum atomic E-state index is -4.00. The summed E-state index contributed by atoms with van der Waals surface area (Å²) in [5.41, 5.74) is 1.83. The van der Waals surface area contributed by atoms with Gasteiger partial charge in [-0.05, 0) is 64.9 Å². The van der Waals surface area contributed by atoms with Gasteiger partial charge in [0.25, 0.3) is 0 Å². The Balaban J connectivity index is 2.32. The third-order valence-corrected chi connectivity index (χ3v) is 7.63. The second kappa shape index (κ2) is 15.1. The molecule has 10 nitrogen and oxygen atoms in total. The van der Waals surface area contributed by atoms with E-state index in [0.717, 1.165) is 55.1 Å². The van der Waals surface area contributed by atoms with Gasteiger partial charge in [-0.25, -0.2) is 14.7 Å². The maximum absolute atomic E-state index is 14.1. The number of esters is 2. The number of ether oxygens (including phenoxy) is 2. The van der Waals surface area contributed by atoms with Crippen LogP contribution < -0.4 is 14.7 Å². The first-order chi connectivity index (χ1) is 17.6. The summed E-state index contributed by atoms with van der Waals surface area (Å²) < 4.78 is 30.8. The summed E-state index contributed by atoms with van der Waals surface area (Å²) in [6.07, 6.45) is 5.89.